The van der Waals surface area contributed by atoms with Crippen molar-refractivity contribution in [2.75, 3.05) is 0 Å². The summed E-state index contributed by atoms with van der Waals surface area (Å²) in [5, 5.41) is 13.9. The zero-order valence-electron chi connectivity index (χ0n) is 11.7. The molecule has 20 heavy (non-hydrogen) atoms. The highest BCUT2D eigenvalue weighted by Gasteiger charge is 2.14. The fourth-order valence-electron chi connectivity index (χ4n) is 2.47. The normalized spacial score (nSPS) is 13.0. The van der Waals surface area contributed by atoms with Gasteiger partial charge in [0.15, 0.2) is 0 Å². The summed E-state index contributed by atoms with van der Waals surface area (Å²) in [5.74, 6) is 0.516. The van der Waals surface area contributed by atoms with Crippen molar-refractivity contribution in [3.63, 3.8) is 0 Å². The lowest BCUT2D eigenvalue weighted by Crippen LogP contribution is -2.00. The van der Waals surface area contributed by atoms with E-state index < -0.39 is 6.10 Å². The molecular formula is C18H18OS. The summed E-state index contributed by atoms with van der Waals surface area (Å²) in [6.07, 6.45) is -0.557. The molecule has 0 saturated carbocycles. The minimum atomic E-state index is -0.557. The van der Waals surface area contributed by atoms with Gasteiger partial charge in [-0.25, -0.2) is 0 Å². The average Bonchev–Trinajstić information content (AvgIpc) is 2.95. The van der Waals surface area contributed by atoms with E-state index in [4.69, 9.17) is 0 Å². The minimum absolute atomic E-state index is 0.516. The predicted molar refractivity (Wildman–Crippen MR) is 86.4 cm³/mol. The zero-order chi connectivity index (χ0) is 14.1. The SMILES string of the molecule is CC(C)c1ccc(C(O)c2cccc3ccsc23)cc1. The van der Waals surface area contributed by atoms with Crippen molar-refractivity contribution >= 4 is 21.4 Å². The number of hydrogen-bond acceptors (Lipinski definition) is 2. The van der Waals surface area contributed by atoms with Crippen molar-refractivity contribution in [2.45, 2.75) is 25.9 Å². The predicted octanol–water partition coefficient (Wildman–Crippen LogP) is 5.11. The molecule has 0 aliphatic rings. The summed E-state index contributed by atoms with van der Waals surface area (Å²) >= 11 is 1.68. The molecule has 3 rings (SSSR count). The van der Waals surface area contributed by atoms with Crippen molar-refractivity contribution in [3.8, 4) is 0 Å². The molecule has 1 atom stereocenters. The van der Waals surface area contributed by atoms with Gasteiger partial charge in [-0.05, 0) is 33.9 Å². The molecule has 0 amide bonds. The van der Waals surface area contributed by atoms with Gasteiger partial charge in [0.2, 0.25) is 0 Å². The Morgan fingerprint density at radius 1 is 0.900 bits per heavy atom. The molecule has 0 saturated heterocycles. The van der Waals surface area contributed by atoms with Crippen molar-refractivity contribution in [3.05, 3.63) is 70.6 Å². The molecule has 1 unspecified atom stereocenters. The molecular weight excluding hydrogens is 264 g/mol. The van der Waals surface area contributed by atoms with E-state index in [9.17, 15) is 5.11 Å². The molecule has 0 aliphatic carbocycles. The van der Waals surface area contributed by atoms with Gasteiger partial charge in [-0.3, -0.25) is 0 Å². The average molecular weight is 282 g/mol. The van der Waals surface area contributed by atoms with Gasteiger partial charge in [-0.2, -0.15) is 0 Å². The van der Waals surface area contributed by atoms with E-state index in [1.807, 2.05) is 24.3 Å². The number of aliphatic hydroxyl groups is 1. The van der Waals surface area contributed by atoms with Crippen LogP contribution in [-0.4, -0.2) is 5.11 Å². The lowest BCUT2D eigenvalue weighted by molar-refractivity contribution is 0.222. The molecule has 1 aromatic heterocycles. The Bertz CT molecular complexity index is 710. The molecule has 0 fully saturated rings. The first-order valence-electron chi connectivity index (χ1n) is 6.91. The van der Waals surface area contributed by atoms with E-state index in [1.54, 1.807) is 11.3 Å². The first kappa shape index (κ1) is 13.3. The summed E-state index contributed by atoms with van der Waals surface area (Å²) < 4.78 is 1.17. The van der Waals surface area contributed by atoms with Crippen LogP contribution in [0.1, 0.15) is 42.6 Å². The van der Waals surface area contributed by atoms with Crippen LogP contribution in [0.25, 0.3) is 10.1 Å². The number of fused-ring (bicyclic) bond motifs is 1. The van der Waals surface area contributed by atoms with Gasteiger partial charge in [0, 0.05) is 10.3 Å². The molecule has 3 aromatic rings. The highest BCUT2D eigenvalue weighted by atomic mass is 32.1. The van der Waals surface area contributed by atoms with Crippen molar-refractivity contribution in [1.29, 1.82) is 0 Å². The Balaban J connectivity index is 1.99. The molecule has 0 radical (unpaired) electrons. The fraction of sp³-hybridized carbons (Fsp3) is 0.222. The third-order valence-electron chi connectivity index (χ3n) is 3.72. The second-order valence-electron chi connectivity index (χ2n) is 5.41. The summed E-state index contributed by atoms with van der Waals surface area (Å²) in [6.45, 7) is 4.36. The summed E-state index contributed by atoms with van der Waals surface area (Å²) in [5.41, 5.74) is 3.25. The lowest BCUT2D eigenvalue weighted by Gasteiger charge is -2.14. The maximum Gasteiger partial charge on any atom is 0.105 e. The number of aliphatic hydroxyl groups excluding tert-OH is 1. The van der Waals surface area contributed by atoms with Crippen molar-refractivity contribution in [1.82, 2.24) is 0 Å². The molecule has 2 aromatic carbocycles. The van der Waals surface area contributed by atoms with E-state index >= 15 is 0 Å². The van der Waals surface area contributed by atoms with Gasteiger partial charge < -0.3 is 5.11 Å². The standard InChI is InChI=1S/C18H18OS/c1-12(2)13-6-8-14(9-7-13)17(19)16-5-3-4-15-10-11-20-18(15)16/h3-12,17,19H,1-2H3. The Morgan fingerprint density at radius 3 is 2.30 bits per heavy atom. The maximum atomic E-state index is 10.6. The number of rotatable bonds is 3. The van der Waals surface area contributed by atoms with Crippen LogP contribution >= 0.6 is 11.3 Å². The van der Waals surface area contributed by atoms with Gasteiger partial charge in [-0.15, -0.1) is 11.3 Å². The van der Waals surface area contributed by atoms with Crippen LogP contribution in [0.2, 0.25) is 0 Å². The Labute approximate surface area is 123 Å². The van der Waals surface area contributed by atoms with Gasteiger partial charge in [0.25, 0.3) is 0 Å². The van der Waals surface area contributed by atoms with Crippen LogP contribution in [0, 0.1) is 0 Å². The fourth-order valence-corrected chi connectivity index (χ4v) is 3.41. The summed E-state index contributed by atoms with van der Waals surface area (Å²) in [4.78, 5) is 0. The summed E-state index contributed by atoms with van der Waals surface area (Å²) in [7, 11) is 0. The third kappa shape index (κ3) is 2.37. The van der Waals surface area contributed by atoms with E-state index in [0.717, 1.165) is 11.1 Å². The van der Waals surface area contributed by atoms with Crippen LogP contribution in [0.15, 0.2) is 53.9 Å². The first-order valence-corrected chi connectivity index (χ1v) is 7.79. The van der Waals surface area contributed by atoms with Crippen LogP contribution in [0.4, 0.5) is 0 Å². The third-order valence-corrected chi connectivity index (χ3v) is 4.70. The first-order chi connectivity index (χ1) is 9.66. The largest absolute Gasteiger partial charge is 0.384 e. The lowest BCUT2D eigenvalue weighted by atomic mass is 9.96. The smallest absolute Gasteiger partial charge is 0.105 e. The molecule has 1 heterocycles. The van der Waals surface area contributed by atoms with E-state index in [2.05, 4.69) is 43.5 Å². The zero-order valence-corrected chi connectivity index (χ0v) is 12.5. The molecule has 2 heteroatoms. The monoisotopic (exact) mass is 282 g/mol. The molecule has 0 bridgehead atoms. The highest BCUT2D eigenvalue weighted by molar-refractivity contribution is 7.17. The number of hydrogen-bond donors (Lipinski definition) is 1. The quantitative estimate of drug-likeness (QED) is 0.708. The van der Waals surface area contributed by atoms with Crippen LogP contribution in [0.3, 0.4) is 0 Å². The Morgan fingerprint density at radius 2 is 1.60 bits per heavy atom. The van der Waals surface area contributed by atoms with Gasteiger partial charge in [-0.1, -0.05) is 56.3 Å². The summed E-state index contributed by atoms with van der Waals surface area (Å²) in [6, 6.07) is 16.5. The molecule has 1 nitrogen and oxygen atoms in total. The van der Waals surface area contributed by atoms with E-state index in [0.29, 0.717) is 5.92 Å². The van der Waals surface area contributed by atoms with Crippen molar-refractivity contribution < 1.29 is 5.11 Å². The Hall–Kier alpha value is -1.64. The molecule has 102 valence electrons. The topological polar surface area (TPSA) is 20.2 Å². The minimum Gasteiger partial charge on any atom is -0.384 e. The maximum absolute atomic E-state index is 10.6. The molecule has 1 N–H and O–H groups in total. The van der Waals surface area contributed by atoms with Gasteiger partial charge in [0.1, 0.15) is 6.10 Å². The Kier molecular flexibility index (Phi) is 3.60. The number of thiophene rings is 1. The highest BCUT2D eigenvalue weighted by Crippen LogP contribution is 2.32. The van der Waals surface area contributed by atoms with Gasteiger partial charge in [0.05, 0.1) is 0 Å². The van der Waals surface area contributed by atoms with Crippen LogP contribution in [0.5, 0.6) is 0 Å². The second-order valence-corrected chi connectivity index (χ2v) is 6.33. The second kappa shape index (κ2) is 5.39. The van der Waals surface area contributed by atoms with Crippen LogP contribution < -0.4 is 0 Å². The molecule has 0 aliphatic heterocycles. The van der Waals surface area contributed by atoms with Gasteiger partial charge >= 0.3 is 0 Å². The van der Waals surface area contributed by atoms with Crippen LogP contribution in [-0.2, 0) is 0 Å². The number of benzene rings is 2. The molecule has 0 spiro atoms. The van der Waals surface area contributed by atoms with E-state index in [1.165, 1.54) is 15.6 Å². The van der Waals surface area contributed by atoms with E-state index in [-0.39, 0.29) is 0 Å². The van der Waals surface area contributed by atoms with Crippen molar-refractivity contribution in [2.24, 2.45) is 0 Å².